The van der Waals surface area contributed by atoms with Crippen molar-refractivity contribution in [1.82, 2.24) is 24.2 Å². The summed E-state index contributed by atoms with van der Waals surface area (Å²) in [6, 6.07) is 2.10. The Kier molecular flexibility index (Phi) is 4.50. The lowest BCUT2D eigenvalue weighted by atomic mass is 10.0. The van der Waals surface area contributed by atoms with E-state index in [-0.39, 0.29) is 18.0 Å². The standard InChI is InChI=1S/C17H25N5O/c1-13-10-14(2)22(19-13)11-16-6-4-5-8-21(16)17(23)15(3)20-9-7-18-12-20/h7,9-10,12,15-16H,4-6,8,11H2,1-3H3. The number of aryl methyl sites for hydroxylation is 2. The van der Waals surface area contributed by atoms with Gasteiger partial charge in [0.25, 0.3) is 0 Å². The molecule has 0 aromatic carbocycles. The first-order valence-electron chi connectivity index (χ1n) is 8.35. The molecule has 1 fully saturated rings. The molecule has 1 aliphatic rings. The number of hydrogen-bond donors (Lipinski definition) is 0. The lowest BCUT2D eigenvalue weighted by Gasteiger charge is -2.37. The van der Waals surface area contributed by atoms with Gasteiger partial charge in [0.2, 0.25) is 5.91 Å². The molecule has 0 radical (unpaired) electrons. The van der Waals surface area contributed by atoms with Crippen LogP contribution in [-0.4, -0.2) is 42.7 Å². The van der Waals surface area contributed by atoms with Crippen molar-refractivity contribution in [2.75, 3.05) is 6.54 Å². The van der Waals surface area contributed by atoms with Gasteiger partial charge in [-0.15, -0.1) is 0 Å². The second-order valence-corrected chi connectivity index (χ2v) is 6.48. The average Bonchev–Trinajstić information content (AvgIpc) is 3.17. The Morgan fingerprint density at radius 1 is 1.39 bits per heavy atom. The van der Waals surface area contributed by atoms with Crippen LogP contribution in [0.15, 0.2) is 24.8 Å². The van der Waals surface area contributed by atoms with Gasteiger partial charge in [-0.05, 0) is 46.1 Å². The molecule has 1 aliphatic heterocycles. The number of likely N-dealkylation sites (tertiary alicyclic amines) is 1. The van der Waals surface area contributed by atoms with Gasteiger partial charge < -0.3 is 9.47 Å². The monoisotopic (exact) mass is 315 g/mol. The van der Waals surface area contributed by atoms with Crippen molar-refractivity contribution in [2.24, 2.45) is 0 Å². The predicted molar refractivity (Wildman–Crippen MR) is 88.0 cm³/mol. The minimum Gasteiger partial charge on any atom is -0.336 e. The molecule has 6 nitrogen and oxygen atoms in total. The Morgan fingerprint density at radius 2 is 2.22 bits per heavy atom. The van der Waals surface area contributed by atoms with Gasteiger partial charge in [-0.2, -0.15) is 5.10 Å². The summed E-state index contributed by atoms with van der Waals surface area (Å²) in [6.07, 6.45) is 8.57. The van der Waals surface area contributed by atoms with Crippen LogP contribution in [0.1, 0.15) is 43.6 Å². The third-order valence-electron chi connectivity index (χ3n) is 4.73. The number of piperidine rings is 1. The maximum Gasteiger partial charge on any atom is 0.245 e. The van der Waals surface area contributed by atoms with Crippen molar-refractivity contribution in [3.8, 4) is 0 Å². The van der Waals surface area contributed by atoms with Crippen LogP contribution in [0.4, 0.5) is 0 Å². The fourth-order valence-electron chi connectivity index (χ4n) is 3.41. The summed E-state index contributed by atoms with van der Waals surface area (Å²) in [5, 5.41) is 4.56. The summed E-state index contributed by atoms with van der Waals surface area (Å²) in [5.74, 6) is 0.175. The van der Waals surface area contributed by atoms with E-state index in [2.05, 4.69) is 23.1 Å². The van der Waals surface area contributed by atoms with E-state index in [1.807, 2.05) is 34.2 Å². The quantitative estimate of drug-likeness (QED) is 0.870. The summed E-state index contributed by atoms with van der Waals surface area (Å²) in [6.45, 7) is 7.64. The van der Waals surface area contributed by atoms with E-state index in [0.29, 0.717) is 0 Å². The molecule has 1 saturated heterocycles. The minimum atomic E-state index is -0.210. The van der Waals surface area contributed by atoms with Gasteiger partial charge in [0.05, 0.1) is 24.6 Å². The average molecular weight is 315 g/mol. The number of rotatable bonds is 4. The van der Waals surface area contributed by atoms with Crippen LogP contribution in [0.25, 0.3) is 0 Å². The van der Waals surface area contributed by atoms with E-state index in [9.17, 15) is 4.79 Å². The van der Waals surface area contributed by atoms with Crippen LogP contribution >= 0.6 is 0 Å². The molecule has 1 amide bonds. The number of amides is 1. The summed E-state index contributed by atoms with van der Waals surface area (Å²) >= 11 is 0. The maximum absolute atomic E-state index is 12.9. The van der Waals surface area contributed by atoms with Gasteiger partial charge in [0, 0.05) is 24.6 Å². The van der Waals surface area contributed by atoms with Crippen molar-refractivity contribution in [3.63, 3.8) is 0 Å². The molecule has 3 heterocycles. The lowest BCUT2D eigenvalue weighted by molar-refractivity contribution is -0.138. The molecule has 23 heavy (non-hydrogen) atoms. The molecular weight excluding hydrogens is 290 g/mol. The second-order valence-electron chi connectivity index (χ2n) is 6.48. The lowest BCUT2D eigenvalue weighted by Crippen LogP contribution is -2.48. The van der Waals surface area contributed by atoms with Crippen molar-refractivity contribution < 1.29 is 4.79 Å². The van der Waals surface area contributed by atoms with Crippen molar-refractivity contribution >= 4 is 5.91 Å². The fraction of sp³-hybridized carbons (Fsp3) is 0.588. The molecule has 2 aromatic heterocycles. The highest BCUT2D eigenvalue weighted by Gasteiger charge is 2.30. The van der Waals surface area contributed by atoms with E-state index >= 15 is 0 Å². The molecule has 0 saturated carbocycles. The van der Waals surface area contributed by atoms with Gasteiger partial charge in [-0.25, -0.2) is 4.98 Å². The van der Waals surface area contributed by atoms with Crippen LogP contribution in [-0.2, 0) is 11.3 Å². The number of aromatic nitrogens is 4. The van der Waals surface area contributed by atoms with Crippen LogP contribution in [0.5, 0.6) is 0 Å². The Bertz CT molecular complexity index is 661. The molecule has 2 aromatic rings. The van der Waals surface area contributed by atoms with Gasteiger partial charge in [-0.1, -0.05) is 0 Å². The summed E-state index contributed by atoms with van der Waals surface area (Å²) in [4.78, 5) is 19.0. The van der Waals surface area contributed by atoms with Gasteiger partial charge in [0.1, 0.15) is 6.04 Å². The normalized spacial score (nSPS) is 19.8. The molecule has 0 spiro atoms. The van der Waals surface area contributed by atoms with Crippen LogP contribution < -0.4 is 0 Å². The zero-order valence-electron chi connectivity index (χ0n) is 14.1. The number of carbonyl (C=O) groups excluding carboxylic acids is 1. The molecule has 124 valence electrons. The smallest absolute Gasteiger partial charge is 0.245 e. The second kappa shape index (κ2) is 6.56. The van der Waals surface area contributed by atoms with E-state index in [1.54, 1.807) is 12.5 Å². The Balaban J connectivity index is 1.75. The molecule has 0 bridgehead atoms. The first-order chi connectivity index (χ1) is 11.1. The SMILES string of the molecule is Cc1cc(C)n(CC2CCCCN2C(=O)C(C)n2ccnc2)n1. The van der Waals surface area contributed by atoms with Crippen LogP contribution in [0, 0.1) is 13.8 Å². The number of hydrogen-bond acceptors (Lipinski definition) is 3. The highest BCUT2D eigenvalue weighted by molar-refractivity contribution is 5.80. The zero-order chi connectivity index (χ0) is 16.4. The summed E-state index contributed by atoms with van der Waals surface area (Å²) < 4.78 is 3.91. The van der Waals surface area contributed by atoms with E-state index < -0.39 is 0 Å². The molecule has 2 unspecified atom stereocenters. The Morgan fingerprint density at radius 3 is 2.87 bits per heavy atom. The molecule has 3 rings (SSSR count). The third kappa shape index (κ3) is 3.30. The first kappa shape index (κ1) is 15.8. The van der Waals surface area contributed by atoms with Crippen LogP contribution in [0.3, 0.4) is 0 Å². The minimum absolute atomic E-state index is 0.175. The van der Waals surface area contributed by atoms with E-state index in [4.69, 9.17) is 0 Å². The number of imidazole rings is 1. The summed E-state index contributed by atoms with van der Waals surface area (Å²) in [5.41, 5.74) is 2.19. The largest absolute Gasteiger partial charge is 0.336 e. The fourth-order valence-corrected chi connectivity index (χ4v) is 3.41. The maximum atomic E-state index is 12.9. The van der Waals surface area contributed by atoms with Crippen LogP contribution in [0.2, 0.25) is 0 Å². The number of nitrogens with zero attached hydrogens (tertiary/aromatic N) is 5. The third-order valence-corrected chi connectivity index (χ3v) is 4.73. The number of carbonyl (C=O) groups is 1. The highest BCUT2D eigenvalue weighted by atomic mass is 16.2. The van der Waals surface area contributed by atoms with E-state index in [1.165, 1.54) is 6.42 Å². The molecular formula is C17H25N5O. The highest BCUT2D eigenvalue weighted by Crippen LogP contribution is 2.22. The van der Waals surface area contributed by atoms with E-state index in [0.717, 1.165) is 37.3 Å². The molecule has 6 heteroatoms. The molecule has 2 atom stereocenters. The van der Waals surface area contributed by atoms with Gasteiger partial charge >= 0.3 is 0 Å². The predicted octanol–water partition coefficient (Wildman–Crippen LogP) is 2.34. The topological polar surface area (TPSA) is 56.0 Å². The van der Waals surface area contributed by atoms with Gasteiger partial charge in [0.15, 0.2) is 0 Å². The van der Waals surface area contributed by atoms with Gasteiger partial charge in [-0.3, -0.25) is 9.48 Å². The van der Waals surface area contributed by atoms with Crippen molar-refractivity contribution in [3.05, 3.63) is 36.2 Å². The Hall–Kier alpha value is -2.11. The van der Waals surface area contributed by atoms with Crippen molar-refractivity contribution in [2.45, 2.75) is 58.7 Å². The first-order valence-corrected chi connectivity index (χ1v) is 8.35. The summed E-state index contributed by atoms with van der Waals surface area (Å²) in [7, 11) is 0. The molecule has 0 aliphatic carbocycles. The zero-order valence-corrected chi connectivity index (χ0v) is 14.1. The molecule has 0 N–H and O–H groups in total. The Labute approximate surface area is 137 Å². The van der Waals surface area contributed by atoms with Crippen molar-refractivity contribution in [1.29, 1.82) is 0 Å².